The average Bonchev–Trinajstić information content (AvgIpc) is 3.05. The van der Waals surface area contributed by atoms with Crippen molar-refractivity contribution in [1.29, 1.82) is 0 Å². The summed E-state index contributed by atoms with van der Waals surface area (Å²) in [5.41, 5.74) is 11.4. The summed E-state index contributed by atoms with van der Waals surface area (Å²) in [6.45, 7) is 0.940. The highest BCUT2D eigenvalue weighted by atomic mass is 79.9. The van der Waals surface area contributed by atoms with E-state index in [0.717, 1.165) is 0 Å². The minimum atomic E-state index is -3.30. The van der Waals surface area contributed by atoms with Crippen molar-refractivity contribution >= 4 is 49.3 Å². The van der Waals surface area contributed by atoms with Crippen LogP contribution in [-0.4, -0.2) is 69.8 Å². The third-order valence-electron chi connectivity index (χ3n) is 4.73. The highest BCUT2D eigenvalue weighted by Gasteiger charge is 2.27. The molecular formula is C16H24BrN9O3S. The van der Waals surface area contributed by atoms with Crippen LogP contribution in [0.3, 0.4) is 0 Å². The minimum Gasteiger partial charge on any atom is -0.364 e. The van der Waals surface area contributed by atoms with Gasteiger partial charge in [-0.05, 0) is 28.8 Å². The Morgan fingerprint density at radius 3 is 2.67 bits per heavy atom. The van der Waals surface area contributed by atoms with Crippen LogP contribution >= 0.6 is 15.9 Å². The highest BCUT2D eigenvalue weighted by Crippen LogP contribution is 2.26. The van der Waals surface area contributed by atoms with Gasteiger partial charge in [-0.15, -0.1) is 0 Å². The van der Waals surface area contributed by atoms with Crippen molar-refractivity contribution in [2.75, 3.05) is 36.0 Å². The molecule has 0 atom stereocenters. The Bertz CT molecular complexity index is 1020. The molecule has 3 heterocycles. The lowest BCUT2D eigenvalue weighted by atomic mass is 10.1. The molecule has 0 spiro atoms. The van der Waals surface area contributed by atoms with Crippen LogP contribution in [0.4, 0.5) is 17.5 Å². The maximum atomic E-state index is 12.1. The van der Waals surface area contributed by atoms with Gasteiger partial charge in [0.25, 0.3) is 5.91 Å². The van der Waals surface area contributed by atoms with E-state index in [-0.39, 0.29) is 24.0 Å². The van der Waals surface area contributed by atoms with Crippen molar-refractivity contribution < 1.29 is 13.2 Å². The molecule has 164 valence electrons. The molecule has 6 N–H and O–H groups in total. The summed E-state index contributed by atoms with van der Waals surface area (Å²) in [6, 6.07) is 0.0305. The normalized spacial score (nSPS) is 15.8. The van der Waals surface area contributed by atoms with E-state index in [2.05, 4.69) is 41.6 Å². The zero-order chi connectivity index (χ0) is 21.9. The fourth-order valence-corrected chi connectivity index (χ4v) is 4.83. The predicted octanol–water partition coefficient (Wildman–Crippen LogP) is -0.0201. The van der Waals surface area contributed by atoms with E-state index in [1.807, 2.05) is 0 Å². The zero-order valence-electron chi connectivity index (χ0n) is 16.4. The van der Waals surface area contributed by atoms with Crippen molar-refractivity contribution in [3.8, 4) is 0 Å². The van der Waals surface area contributed by atoms with Crippen LogP contribution in [0.2, 0.25) is 0 Å². The number of rotatable bonds is 8. The van der Waals surface area contributed by atoms with Crippen LogP contribution in [0.25, 0.3) is 0 Å². The summed E-state index contributed by atoms with van der Waals surface area (Å²) in [5, 5.41) is 10.3. The van der Waals surface area contributed by atoms with Gasteiger partial charge in [-0.1, -0.05) is 0 Å². The van der Waals surface area contributed by atoms with E-state index in [1.54, 1.807) is 13.2 Å². The summed E-state index contributed by atoms with van der Waals surface area (Å²) in [6.07, 6.45) is 4.32. The van der Waals surface area contributed by atoms with Gasteiger partial charge in [-0.3, -0.25) is 9.48 Å². The second kappa shape index (κ2) is 9.24. The van der Waals surface area contributed by atoms with Crippen molar-refractivity contribution in [2.45, 2.75) is 18.9 Å². The SMILES string of the molecule is Cn1ncc(Nc2nc(NC3CCN(S(=O)(=O)CCN)CC3)ncc2Br)c1C(N)=O. The van der Waals surface area contributed by atoms with E-state index < -0.39 is 15.9 Å². The molecule has 0 aliphatic carbocycles. The third-order valence-corrected chi connectivity index (χ3v) is 7.21. The quantitative estimate of drug-likeness (QED) is 0.387. The van der Waals surface area contributed by atoms with Gasteiger partial charge < -0.3 is 22.1 Å². The van der Waals surface area contributed by atoms with Gasteiger partial charge in [0.05, 0.1) is 22.1 Å². The van der Waals surface area contributed by atoms with Gasteiger partial charge in [0.15, 0.2) is 0 Å². The number of amides is 1. The van der Waals surface area contributed by atoms with Crippen LogP contribution in [-0.2, 0) is 17.1 Å². The Morgan fingerprint density at radius 2 is 2.03 bits per heavy atom. The standard InChI is InChI=1S/C16H24BrN9O3S/c1-25-13(14(19)27)12(9-21-25)23-15-11(17)8-20-16(24-15)22-10-2-5-26(6-3-10)30(28,29)7-4-18/h8-10H,2-7,18H2,1H3,(H2,19,27)(H2,20,22,23,24). The molecule has 2 aromatic rings. The minimum absolute atomic E-state index is 0.0305. The fraction of sp³-hybridized carbons (Fsp3) is 0.500. The number of nitrogens with two attached hydrogens (primary N) is 2. The van der Waals surface area contributed by atoms with Gasteiger partial charge >= 0.3 is 0 Å². The van der Waals surface area contributed by atoms with E-state index in [4.69, 9.17) is 11.5 Å². The number of carbonyl (C=O) groups is 1. The number of nitrogens with one attached hydrogen (secondary N) is 2. The van der Waals surface area contributed by atoms with Crippen LogP contribution in [0, 0.1) is 0 Å². The third kappa shape index (κ3) is 5.06. The Hall–Kier alpha value is -2.29. The van der Waals surface area contributed by atoms with Crippen molar-refractivity contribution in [1.82, 2.24) is 24.1 Å². The Kier molecular flexibility index (Phi) is 6.90. The molecule has 14 heteroatoms. The van der Waals surface area contributed by atoms with Gasteiger partial charge in [-0.25, -0.2) is 17.7 Å². The second-order valence-electron chi connectivity index (χ2n) is 6.83. The molecule has 12 nitrogen and oxygen atoms in total. The number of sulfonamides is 1. The van der Waals surface area contributed by atoms with Crippen molar-refractivity contribution in [2.24, 2.45) is 18.5 Å². The number of piperidine rings is 1. The molecule has 1 aliphatic rings. The maximum absolute atomic E-state index is 12.1. The molecule has 3 rings (SSSR count). The van der Waals surface area contributed by atoms with Crippen LogP contribution in [0.1, 0.15) is 23.3 Å². The average molecular weight is 502 g/mol. The number of hydrogen-bond acceptors (Lipinski definition) is 9. The smallest absolute Gasteiger partial charge is 0.269 e. The summed E-state index contributed by atoms with van der Waals surface area (Å²) in [7, 11) is -1.68. The molecule has 1 aliphatic heterocycles. The number of nitrogens with zero attached hydrogens (tertiary/aromatic N) is 5. The van der Waals surface area contributed by atoms with E-state index >= 15 is 0 Å². The lowest BCUT2D eigenvalue weighted by Gasteiger charge is -2.31. The fourth-order valence-electron chi connectivity index (χ4n) is 3.21. The first kappa shape index (κ1) is 22.4. The van der Waals surface area contributed by atoms with Crippen molar-refractivity contribution in [3.05, 3.63) is 22.6 Å². The molecule has 1 amide bonds. The van der Waals surface area contributed by atoms with Gasteiger partial charge in [0.1, 0.15) is 11.5 Å². The summed E-state index contributed by atoms with van der Waals surface area (Å²) in [4.78, 5) is 20.4. The van der Waals surface area contributed by atoms with E-state index in [0.29, 0.717) is 47.9 Å². The summed E-state index contributed by atoms with van der Waals surface area (Å²) in [5.74, 6) is 0.161. The number of aromatic nitrogens is 4. The number of aryl methyl sites for hydroxylation is 1. The largest absolute Gasteiger partial charge is 0.364 e. The van der Waals surface area contributed by atoms with Crippen LogP contribution in [0.15, 0.2) is 16.9 Å². The molecule has 0 aromatic carbocycles. The first-order valence-electron chi connectivity index (χ1n) is 9.27. The van der Waals surface area contributed by atoms with E-state index in [9.17, 15) is 13.2 Å². The molecule has 0 bridgehead atoms. The molecule has 0 unspecified atom stereocenters. The number of primary amides is 1. The van der Waals surface area contributed by atoms with Gasteiger partial charge in [0.2, 0.25) is 16.0 Å². The Balaban J connectivity index is 1.67. The number of halogens is 1. The zero-order valence-corrected chi connectivity index (χ0v) is 18.8. The number of carbonyl (C=O) groups excluding carboxylic acids is 1. The van der Waals surface area contributed by atoms with Gasteiger partial charge in [-0.2, -0.15) is 10.1 Å². The maximum Gasteiger partial charge on any atom is 0.269 e. The number of anilines is 3. The second-order valence-corrected chi connectivity index (χ2v) is 9.78. The molecule has 2 aromatic heterocycles. The monoisotopic (exact) mass is 501 g/mol. The van der Waals surface area contributed by atoms with Crippen LogP contribution < -0.4 is 22.1 Å². The van der Waals surface area contributed by atoms with E-state index in [1.165, 1.54) is 15.2 Å². The first-order valence-corrected chi connectivity index (χ1v) is 11.7. The summed E-state index contributed by atoms with van der Waals surface area (Å²) >= 11 is 3.38. The number of hydrogen-bond donors (Lipinski definition) is 4. The van der Waals surface area contributed by atoms with Crippen LogP contribution in [0.5, 0.6) is 0 Å². The Labute approximate surface area is 182 Å². The van der Waals surface area contributed by atoms with Crippen molar-refractivity contribution in [3.63, 3.8) is 0 Å². The molecule has 30 heavy (non-hydrogen) atoms. The molecular weight excluding hydrogens is 478 g/mol. The first-order chi connectivity index (χ1) is 14.2. The highest BCUT2D eigenvalue weighted by molar-refractivity contribution is 9.10. The lowest BCUT2D eigenvalue weighted by Crippen LogP contribution is -2.44. The molecule has 0 saturated carbocycles. The molecule has 1 fully saturated rings. The Morgan fingerprint density at radius 1 is 1.33 bits per heavy atom. The lowest BCUT2D eigenvalue weighted by molar-refractivity contribution is 0.0992. The summed E-state index contributed by atoms with van der Waals surface area (Å²) < 4.78 is 27.7. The molecule has 1 saturated heterocycles. The predicted molar refractivity (Wildman–Crippen MR) is 116 cm³/mol. The molecule has 0 radical (unpaired) electrons. The van der Waals surface area contributed by atoms with Gasteiger partial charge in [0, 0.05) is 38.9 Å². The topological polar surface area (TPSA) is 174 Å².